The van der Waals surface area contributed by atoms with Crippen LogP contribution in [-0.2, 0) is 17.4 Å². The van der Waals surface area contributed by atoms with Crippen molar-refractivity contribution in [3.63, 3.8) is 0 Å². The molecule has 1 saturated heterocycles. The molecule has 0 spiro atoms. The fourth-order valence-corrected chi connectivity index (χ4v) is 3.46. The molecule has 1 aliphatic rings. The van der Waals surface area contributed by atoms with Crippen LogP contribution >= 0.6 is 23.2 Å². The van der Waals surface area contributed by atoms with E-state index in [1.165, 1.54) is 0 Å². The SMILES string of the molecule is N#Cc1cc(OC2CCCN(C(=O)Cc3ccc(Cl)c(Cl)c3)C2)nc(C(F)(F)F)c1. The van der Waals surface area contributed by atoms with Gasteiger partial charge in [-0.2, -0.15) is 18.4 Å². The van der Waals surface area contributed by atoms with Crippen molar-refractivity contribution >= 4 is 29.1 Å². The summed E-state index contributed by atoms with van der Waals surface area (Å²) in [7, 11) is 0. The zero-order valence-electron chi connectivity index (χ0n) is 15.5. The van der Waals surface area contributed by atoms with Crippen molar-refractivity contribution in [3.05, 3.63) is 57.2 Å². The maximum absolute atomic E-state index is 13.0. The first-order valence-electron chi connectivity index (χ1n) is 9.03. The van der Waals surface area contributed by atoms with Gasteiger partial charge in [0.2, 0.25) is 11.8 Å². The lowest BCUT2D eigenvalue weighted by Crippen LogP contribution is -2.45. The fourth-order valence-electron chi connectivity index (χ4n) is 3.14. The number of pyridine rings is 1. The molecule has 1 atom stereocenters. The molecule has 3 rings (SSSR count). The summed E-state index contributed by atoms with van der Waals surface area (Å²) in [5.74, 6) is -0.443. The van der Waals surface area contributed by atoms with Crippen LogP contribution in [0, 0.1) is 11.3 Å². The largest absolute Gasteiger partial charge is 0.472 e. The molecule has 1 aromatic heterocycles. The van der Waals surface area contributed by atoms with Gasteiger partial charge >= 0.3 is 6.18 Å². The van der Waals surface area contributed by atoms with E-state index in [4.69, 9.17) is 33.2 Å². The number of nitriles is 1. The van der Waals surface area contributed by atoms with Crippen LogP contribution in [0.2, 0.25) is 10.0 Å². The maximum Gasteiger partial charge on any atom is 0.433 e. The van der Waals surface area contributed by atoms with Gasteiger partial charge in [0.25, 0.3) is 0 Å². The van der Waals surface area contributed by atoms with Crippen molar-refractivity contribution in [2.24, 2.45) is 0 Å². The van der Waals surface area contributed by atoms with E-state index in [2.05, 4.69) is 4.98 Å². The lowest BCUT2D eigenvalue weighted by atomic mass is 10.1. The molecule has 1 unspecified atom stereocenters. The normalized spacial score (nSPS) is 16.8. The van der Waals surface area contributed by atoms with Crippen molar-refractivity contribution in [1.29, 1.82) is 5.26 Å². The van der Waals surface area contributed by atoms with Crippen molar-refractivity contribution in [1.82, 2.24) is 9.88 Å². The predicted molar refractivity (Wildman–Crippen MR) is 104 cm³/mol. The first-order chi connectivity index (χ1) is 14.2. The number of amides is 1. The van der Waals surface area contributed by atoms with Crippen molar-refractivity contribution in [2.75, 3.05) is 13.1 Å². The molecule has 0 saturated carbocycles. The Balaban J connectivity index is 1.68. The van der Waals surface area contributed by atoms with Crippen molar-refractivity contribution < 1.29 is 22.7 Å². The van der Waals surface area contributed by atoms with E-state index in [0.717, 1.165) is 6.07 Å². The summed E-state index contributed by atoms with van der Waals surface area (Å²) >= 11 is 11.9. The fraction of sp³-hybridized carbons (Fsp3) is 0.350. The van der Waals surface area contributed by atoms with Crippen molar-refractivity contribution in [3.8, 4) is 11.9 Å². The molecular formula is C20H16Cl2F3N3O2. The molecule has 1 fully saturated rings. The number of hydrogen-bond acceptors (Lipinski definition) is 4. The van der Waals surface area contributed by atoms with Crippen LogP contribution < -0.4 is 4.74 Å². The quantitative estimate of drug-likeness (QED) is 0.655. The van der Waals surface area contributed by atoms with Crippen molar-refractivity contribution in [2.45, 2.75) is 31.5 Å². The van der Waals surface area contributed by atoms with E-state index in [1.807, 2.05) is 0 Å². The van der Waals surface area contributed by atoms with Gasteiger partial charge in [0.05, 0.1) is 34.6 Å². The molecule has 2 aromatic rings. The summed E-state index contributed by atoms with van der Waals surface area (Å²) in [5, 5.41) is 9.72. The molecular weight excluding hydrogens is 442 g/mol. The first-order valence-corrected chi connectivity index (χ1v) is 9.79. The van der Waals surface area contributed by atoms with E-state index in [9.17, 15) is 18.0 Å². The Labute approximate surface area is 181 Å². The minimum Gasteiger partial charge on any atom is -0.472 e. The Morgan fingerprint density at radius 2 is 2.03 bits per heavy atom. The minimum atomic E-state index is -4.70. The third kappa shape index (κ3) is 5.55. The van der Waals surface area contributed by atoms with Gasteiger partial charge in [-0.1, -0.05) is 29.3 Å². The van der Waals surface area contributed by atoms with Gasteiger partial charge in [-0.15, -0.1) is 0 Å². The number of carbonyl (C=O) groups is 1. The molecule has 10 heteroatoms. The summed E-state index contributed by atoms with van der Waals surface area (Å²) in [6.45, 7) is 0.722. The third-order valence-electron chi connectivity index (χ3n) is 4.58. The Kier molecular flexibility index (Phi) is 6.74. The van der Waals surface area contributed by atoms with Gasteiger partial charge in [0.15, 0.2) is 0 Å². The monoisotopic (exact) mass is 457 g/mol. The number of aromatic nitrogens is 1. The number of likely N-dealkylation sites (tertiary alicyclic amines) is 1. The van der Waals surface area contributed by atoms with Gasteiger partial charge in [-0.3, -0.25) is 4.79 Å². The minimum absolute atomic E-state index is 0.115. The molecule has 0 N–H and O–H groups in total. The number of ether oxygens (including phenoxy) is 1. The molecule has 0 aliphatic carbocycles. The number of carbonyl (C=O) groups excluding carboxylic acids is 1. The average molecular weight is 458 g/mol. The molecule has 2 heterocycles. The number of alkyl halides is 3. The summed E-state index contributed by atoms with van der Waals surface area (Å²) in [4.78, 5) is 17.7. The van der Waals surface area contributed by atoms with E-state index >= 15 is 0 Å². The van der Waals surface area contributed by atoms with Gasteiger partial charge in [0, 0.05) is 12.6 Å². The standard InChI is InChI=1S/C20H16Cl2F3N3O2/c21-15-4-3-12(6-16(15)22)9-19(29)28-5-1-2-14(11-28)30-18-8-13(10-26)7-17(27-18)20(23,24)25/h3-4,6-8,14H,1-2,5,9,11H2. The Morgan fingerprint density at radius 3 is 2.70 bits per heavy atom. The molecule has 1 aliphatic heterocycles. The molecule has 1 amide bonds. The van der Waals surface area contributed by atoms with Gasteiger partial charge in [-0.05, 0) is 36.6 Å². The molecule has 5 nitrogen and oxygen atoms in total. The van der Waals surface area contributed by atoms with E-state index in [0.29, 0.717) is 41.1 Å². The highest BCUT2D eigenvalue weighted by Crippen LogP contribution is 2.30. The van der Waals surface area contributed by atoms with Crippen LogP contribution in [0.3, 0.4) is 0 Å². The second-order valence-corrected chi connectivity index (χ2v) is 7.65. The Morgan fingerprint density at radius 1 is 1.27 bits per heavy atom. The van der Waals surface area contributed by atoms with E-state index in [-0.39, 0.29) is 30.3 Å². The maximum atomic E-state index is 13.0. The second kappa shape index (κ2) is 9.11. The molecule has 158 valence electrons. The number of rotatable bonds is 4. The van der Waals surface area contributed by atoms with Crippen LogP contribution in [0.1, 0.15) is 29.7 Å². The summed E-state index contributed by atoms with van der Waals surface area (Å²) in [6, 6.07) is 8.44. The van der Waals surface area contributed by atoms with Crippen LogP contribution in [0.4, 0.5) is 13.2 Å². The van der Waals surface area contributed by atoms with Crippen LogP contribution in [0.5, 0.6) is 5.88 Å². The van der Waals surface area contributed by atoms with Crippen LogP contribution in [0.25, 0.3) is 0 Å². The number of piperidine rings is 1. The topological polar surface area (TPSA) is 66.2 Å². The highest BCUT2D eigenvalue weighted by molar-refractivity contribution is 6.42. The summed E-state index contributed by atoms with van der Waals surface area (Å²) < 4.78 is 44.6. The molecule has 0 bridgehead atoms. The number of hydrogen-bond donors (Lipinski definition) is 0. The highest BCUT2D eigenvalue weighted by atomic mass is 35.5. The highest BCUT2D eigenvalue weighted by Gasteiger charge is 2.34. The third-order valence-corrected chi connectivity index (χ3v) is 5.32. The average Bonchev–Trinajstić information content (AvgIpc) is 2.70. The summed E-state index contributed by atoms with van der Waals surface area (Å²) in [6.07, 6.45) is -3.93. The predicted octanol–water partition coefficient (Wildman–Crippen LogP) is 4.89. The van der Waals surface area contributed by atoms with Crippen LogP contribution in [0.15, 0.2) is 30.3 Å². The number of nitrogens with zero attached hydrogens (tertiary/aromatic N) is 3. The number of halogens is 5. The summed E-state index contributed by atoms with van der Waals surface area (Å²) in [5.41, 5.74) is -0.689. The molecule has 0 radical (unpaired) electrons. The first kappa shape index (κ1) is 22.2. The van der Waals surface area contributed by atoms with E-state index < -0.39 is 18.0 Å². The second-order valence-electron chi connectivity index (χ2n) is 6.84. The van der Waals surface area contributed by atoms with Gasteiger partial charge in [0.1, 0.15) is 11.8 Å². The Hall–Kier alpha value is -2.50. The molecule has 30 heavy (non-hydrogen) atoms. The van der Waals surface area contributed by atoms with Gasteiger partial charge < -0.3 is 9.64 Å². The lowest BCUT2D eigenvalue weighted by Gasteiger charge is -2.33. The smallest absolute Gasteiger partial charge is 0.433 e. The number of benzene rings is 1. The lowest BCUT2D eigenvalue weighted by molar-refractivity contribution is -0.141. The van der Waals surface area contributed by atoms with E-state index in [1.54, 1.807) is 29.2 Å². The zero-order chi connectivity index (χ0) is 21.9. The van der Waals surface area contributed by atoms with Crippen LogP contribution in [-0.4, -0.2) is 35.0 Å². The zero-order valence-corrected chi connectivity index (χ0v) is 17.1. The Bertz CT molecular complexity index is 992. The molecule has 1 aromatic carbocycles. The van der Waals surface area contributed by atoms with Gasteiger partial charge in [-0.25, -0.2) is 4.98 Å².